The highest BCUT2D eigenvalue weighted by Gasteiger charge is 2.22. The van der Waals surface area contributed by atoms with Crippen molar-refractivity contribution in [1.29, 1.82) is 0 Å². The Balaban J connectivity index is 2.11. The quantitative estimate of drug-likeness (QED) is 0.846. The van der Waals surface area contributed by atoms with E-state index in [1.807, 2.05) is 38.6 Å². The van der Waals surface area contributed by atoms with Gasteiger partial charge < -0.3 is 15.2 Å². The molecule has 2 N–H and O–H groups in total. The van der Waals surface area contributed by atoms with Crippen molar-refractivity contribution in [3.8, 4) is 5.75 Å². The second kappa shape index (κ2) is 7.34. The summed E-state index contributed by atoms with van der Waals surface area (Å²) in [6, 6.07) is 5.42. The summed E-state index contributed by atoms with van der Waals surface area (Å²) >= 11 is 1.96. The SMILES string of the molecule is CN(C(=O)OC(C)(C)C)c1cc(OC2CCSCC2)ccc1N. The summed E-state index contributed by atoms with van der Waals surface area (Å²) in [5.41, 5.74) is 6.59. The van der Waals surface area contributed by atoms with Gasteiger partial charge >= 0.3 is 6.09 Å². The molecule has 5 nitrogen and oxygen atoms in total. The van der Waals surface area contributed by atoms with Crippen LogP contribution in [0.1, 0.15) is 33.6 Å². The molecular formula is C17H26N2O3S. The fourth-order valence-corrected chi connectivity index (χ4v) is 3.37. The molecule has 128 valence electrons. The third kappa shape index (κ3) is 5.23. The van der Waals surface area contributed by atoms with Crippen molar-refractivity contribution >= 4 is 29.2 Å². The lowest BCUT2D eigenvalue weighted by molar-refractivity contribution is 0.0589. The molecule has 1 amide bonds. The van der Waals surface area contributed by atoms with Crippen LogP contribution in [0.3, 0.4) is 0 Å². The molecule has 1 aliphatic rings. The summed E-state index contributed by atoms with van der Waals surface area (Å²) in [5.74, 6) is 3.00. The number of thioether (sulfide) groups is 1. The first-order valence-corrected chi connectivity index (χ1v) is 9.02. The largest absolute Gasteiger partial charge is 0.490 e. The summed E-state index contributed by atoms with van der Waals surface area (Å²) < 4.78 is 11.4. The molecule has 0 aliphatic carbocycles. The zero-order valence-corrected chi connectivity index (χ0v) is 15.1. The maximum Gasteiger partial charge on any atom is 0.414 e. The minimum absolute atomic E-state index is 0.236. The summed E-state index contributed by atoms with van der Waals surface area (Å²) in [4.78, 5) is 13.6. The van der Waals surface area contributed by atoms with E-state index in [2.05, 4.69) is 0 Å². The molecule has 0 unspecified atom stereocenters. The van der Waals surface area contributed by atoms with Crippen LogP contribution in [-0.4, -0.2) is 36.4 Å². The van der Waals surface area contributed by atoms with E-state index in [0.29, 0.717) is 11.4 Å². The topological polar surface area (TPSA) is 64.8 Å². The molecule has 0 spiro atoms. The van der Waals surface area contributed by atoms with Gasteiger partial charge in [-0.15, -0.1) is 0 Å². The predicted octanol–water partition coefficient (Wildman–Crippen LogP) is 3.91. The molecule has 0 radical (unpaired) electrons. The van der Waals surface area contributed by atoms with E-state index in [0.717, 1.165) is 30.1 Å². The van der Waals surface area contributed by atoms with Crippen molar-refractivity contribution in [3.63, 3.8) is 0 Å². The average molecular weight is 338 g/mol. The predicted molar refractivity (Wildman–Crippen MR) is 96.5 cm³/mol. The standard InChI is InChI=1S/C17H26N2O3S/c1-17(2,3)22-16(20)19(4)15-11-13(5-6-14(15)18)21-12-7-9-23-10-8-12/h5-6,11-12H,7-10,18H2,1-4H3. The Morgan fingerprint density at radius 2 is 1.96 bits per heavy atom. The molecule has 1 heterocycles. The number of ether oxygens (including phenoxy) is 2. The highest BCUT2D eigenvalue weighted by molar-refractivity contribution is 7.99. The number of rotatable bonds is 3. The maximum absolute atomic E-state index is 12.2. The van der Waals surface area contributed by atoms with Crippen molar-refractivity contribution < 1.29 is 14.3 Å². The number of hydrogen-bond donors (Lipinski definition) is 1. The van der Waals surface area contributed by atoms with E-state index in [-0.39, 0.29) is 6.10 Å². The summed E-state index contributed by atoms with van der Waals surface area (Å²) in [6.45, 7) is 5.51. The van der Waals surface area contributed by atoms with Crippen molar-refractivity contribution in [3.05, 3.63) is 18.2 Å². The molecule has 0 bridgehead atoms. The van der Waals surface area contributed by atoms with Crippen molar-refractivity contribution in [2.75, 3.05) is 29.2 Å². The number of carbonyl (C=O) groups is 1. The average Bonchev–Trinajstić information content (AvgIpc) is 2.48. The monoisotopic (exact) mass is 338 g/mol. The van der Waals surface area contributed by atoms with E-state index in [4.69, 9.17) is 15.2 Å². The van der Waals surface area contributed by atoms with Crippen LogP contribution in [0, 0.1) is 0 Å². The normalized spacial score (nSPS) is 16.0. The van der Waals surface area contributed by atoms with Crippen LogP contribution in [0.2, 0.25) is 0 Å². The zero-order chi connectivity index (χ0) is 17.0. The van der Waals surface area contributed by atoms with Gasteiger partial charge in [0.15, 0.2) is 0 Å². The number of nitrogen functional groups attached to an aromatic ring is 1. The minimum atomic E-state index is -0.548. The van der Waals surface area contributed by atoms with Gasteiger partial charge in [0.1, 0.15) is 17.5 Å². The molecule has 23 heavy (non-hydrogen) atoms. The highest BCUT2D eigenvalue weighted by Crippen LogP contribution is 2.30. The Labute approximate surface area is 142 Å². The third-order valence-corrected chi connectivity index (χ3v) is 4.55. The molecule has 0 atom stereocenters. The van der Waals surface area contributed by atoms with Crippen molar-refractivity contribution in [2.24, 2.45) is 0 Å². The molecule has 6 heteroatoms. The summed E-state index contributed by atoms with van der Waals surface area (Å²) in [6.07, 6.45) is 1.90. The molecule has 2 rings (SSSR count). The van der Waals surface area contributed by atoms with Crippen molar-refractivity contribution in [1.82, 2.24) is 0 Å². The number of carbonyl (C=O) groups excluding carboxylic acids is 1. The molecule has 0 aromatic heterocycles. The molecule has 1 fully saturated rings. The number of nitrogens with zero attached hydrogens (tertiary/aromatic N) is 1. The number of benzene rings is 1. The first kappa shape index (κ1) is 17.8. The van der Waals surface area contributed by atoms with Gasteiger partial charge in [-0.05, 0) is 57.3 Å². The van der Waals surface area contributed by atoms with Crippen LogP contribution < -0.4 is 15.4 Å². The molecular weight excluding hydrogens is 312 g/mol. The second-order valence-electron chi connectivity index (χ2n) is 6.69. The van der Waals surface area contributed by atoms with Crippen molar-refractivity contribution in [2.45, 2.75) is 45.3 Å². The second-order valence-corrected chi connectivity index (χ2v) is 7.91. The van der Waals surface area contributed by atoms with Gasteiger partial charge in [-0.3, -0.25) is 4.90 Å². The Morgan fingerprint density at radius 1 is 1.30 bits per heavy atom. The lowest BCUT2D eigenvalue weighted by Crippen LogP contribution is -2.34. The number of anilines is 2. The van der Waals surface area contributed by atoms with Gasteiger partial charge in [-0.25, -0.2) is 4.79 Å². The first-order valence-electron chi connectivity index (χ1n) is 7.87. The maximum atomic E-state index is 12.2. The van der Waals surface area contributed by atoms with Gasteiger partial charge in [-0.1, -0.05) is 0 Å². The van der Waals surface area contributed by atoms with Crippen LogP contribution >= 0.6 is 11.8 Å². The van der Waals surface area contributed by atoms with E-state index >= 15 is 0 Å². The number of amides is 1. The Morgan fingerprint density at radius 3 is 2.57 bits per heavy atom. The molecule has 1 saturated heterocycles. The van der Waals surface area contributed by atoms with E-state index in [9.17, 15) is 4.79 Å². The van der Waals surface area contributed by atoms with Crippen LogP contribution in [0.5, 0.6) is 5.75 Å². The lowest BCUT2D eigenvalue weighted by atomic mass is 10.2. The van der Waals surface area contributed by atoms with Crippen LogP contribution in [0.4, 0.5) is 16.2 Å². The molecule has 1 aliphatic heterocycles. The number of nitrogens with two attached hydrogens (primary N) is 1. The Bertz CT molecular complexity index is 551. The van der Waals surface area contributed by atoms with Gasteiger partial charge in [0, 0.05) is 13.1 Å². The van der Waals surface area contributed by atoms with Gasteiger partial charge in [-0.2, -0.15) is 11.8 Å². The summed E-state index contributed by atoms with van der Waals surface area (Å²) in [7, 11) is 1.65. The van der Waals surface area contributed by atoms with Gasteiger partial charge in [0.25, 0.3) is 0 Å². The van der Waals surface area contributed by atoms with E-state index in [1.165, 1.54) is 4.90 Å². The van der Waals surface area contributed by atoms with E-state index in [1.54, 1.807) is 19.2 Å². The highest BCUT2D eigenvalue weighted by atomic mass is 32.2. The fourth-order valence-electron chi connectivity index (χ4n) is 2.30. The lowest BCUT2D eigenvalue weighted by Gasteiger charge is -2.26. The van der Waals surface area contributed by atoms with Gasteiger partial charge in [0.2, 0.25) is 0 Å². The van der Waals surface area contributed by atoms with Crippen LogP contribution in [-0.2, 0) is 4.74 Å². The fraction of sp³-hybridized carbons (Fsp3) is 0.588. The molecule has 1 aromatic rings. The third-order valence-electron chi connectivity index (χ3n) is 3.50. The smallest absolute Gasteiger partial charge is 0.414 e. The van der Waals surface area contributed by atoms with Gasteiger partial charge in [0.05, 0.1) is 11.4 Å². The number of hydrogen-bond acceptors (Lipinski definition) is 5. The zero-order valence-electron chi connectivity index (χ0n) is 14.3. The Kier molecular flexibility index (Phi) is 5.68. The first-order chi connectivity index (χ1) is 10.8. The molecule has 0 saturated carbocycles. The Hall–Kier alpha value is -1.56. The molecule has 1 aromatic carbocycles. The summed E-state index contributed by atoms with van der Waals surface area (Å²) in [5, 5.41) is 0. The minimum Gasteiger partial charge on any atom is -0.490 e. The van der Waals surface area contributed by atoms with Crippen LogP contribution in [0.15, 0.2) is 18.2 Å². The van der Waals surface area contributed by atoms with Crippen LogP contribution in [0.25, 0.3) is 0 Å². The van der Waals surface area contributed by atoms with E-state index < -0.39 is 11.7 Å².